The SMILES string of the molecule is CCOc1ccc(C(N)C2CCCC2(C)C)cc1OCC. The summed E-state index contributed by atoms with van der Waals surface area (Å²) in [7, 11) is 0. The van der Waals surface area contributed by atoms with Crippen molar-refractivity contribution in [3.63, 3.8) is 0 Å². The second-order valence-electron chi connectivity index (χ2n) is 6.59. The minimum absolute atomic E-state index is 0.0670. The van der Waals surface area contributed by atoms with Crippen LogP contribution in [0.3, 0.4) is 0 Å². The van der Waals surface area contributed by atoms with Crippen molar-refractivity contribution in [2.75, 3.05) is 13.2 Å². The van der Waals surface area contributed by atoms with Crippen LogP contribution in [0.1, 0.15) is 58.6 Å². The minimum atomic E-state index is 0.0670. The molecule has 0 amide bonds. The van der Waals surface area contributed by atoms with Gasteiger partial charge in [0.1, 0.15) is 0 Å². The van der Waals surface area contributed by atoms with E-state index in [1.165, 1.54) is 19.3 Å². The lowest BCUT2D eigenvalue weighted by atomic mass is 9.76. The summed E-state index contributed by atoms with van der Waals surface area (Å²) in [6.07, 6.45) is 3.76. The summed E-state index contributed by atoms with van der Waals surface area (Å²) in [6, 6.07) is 6.21. The van der Waals surface area contributed by atoms with Gasteiger partial charge in [-0.25, -0.2) is 0 Å². The molecule has 0 aromatic heterocycles. The van der Waals surface area contributed by atoms with Crippen LogP contribution in [-0.2, 0) is 0 Å². The highest BCUT2D eigenvalue weighted by molar-refractivity contribution is 5.44. The van der Waals surface area contributed by atoms with Gasteiger partial charge in [0, 0.05) is 6.04 Å². The number of nitrogens with two attached hydrogens (primary N) is 1. The Morgan fingerprint density at radius 3 is 2.43 bits per heavy atom. The predicted octanol–water partition coefficient (Wildman–Crippen LogP) is 4.31. The largest absolute Gasteiger partial charge is 0.490 e. The normalized spacial score (nSPS) is 22.0. The van der Waals surface area contributed by atoms with Crippen molar-refractivity contribution >= 4 is 0 Å². The van der Waals surface area contributed by atoms with Gasteiger partial charge < -0.3 is 15.2 Å². The van der Waals surface area contributed by atoms with Gasteiger partial charge >= 0.3 is 0 Å². The molecule has 0 spiro atoms. The maximum atomic E-state index is 6.57. The first-order valence-corrected chi connectivity index (χ1v) is 8.14. The lowest BCUT2D eigenvalue weighted by Crippen LogP contribution is -2.29. The number of ether oxygens (including phenoxy) is 2. The van der Waals surface area contributed by atoms with E-state index in [-0.39, 0.29) is 6.04 Å². The van der Waals surface area contributed by atoms with E-state index in [4.69, 9.17) is 15.2 Å². The van der Waals surface area contributed by atoms with E-state index in [0.29, 0.717) is 24.5 Å². The zero-order valence-corrected chi connectivity index (χ0v) is 13.8. The van der Waals surface area contributed by atoms with E-state index in [0.717, 1.165) is 17.1 Å². The molecule has 0 radical (unpaired) electrons. The van der Waals surface area contributed by atoms with E-state index >= 15 is 0 Å². The molecule has 1 aromatic carbocycles. The first-order chi connectivity index (χ1) is 9.99. The van der Waals surface area contributed by atoms with Crippen LogP contribution in [0.25, 0.3) is 0 Å². The second kappa shape index (κ2) is 6.69. The molecule has 1 saturated carbocycles. The van der Waals surface area contributed by atoms with Gasteiger partial charge in [0.25, 0.3) is 0 Å². The zero-order valence-electron chi connectivity index (χ0n) is 13.8. The molecule has 2 N–H and O–H groups in total. The number of hydrogen-bond donors (Lipinski definition) is 1. The van der Waals surface area contributed by atoms with E-state index in [1.807, 2.05) is 19.9 Å². The quantitative estimate of drug-likeness (QED) is 0.849. The fraction of sp³-hybridized carbons (Fsp3) is 0.667. The average molecular weight is 291 g/mol. The van der Waals surface area contributed by atoms with Crippen LogP contribution in [0.2, 0.25) is 0 Å². The van der Waals surface area contributed by atoms with Gasteiger partial charge in [-0.3, -0.25) is 0 Å². The highest BCUT2D eigenvalue weighted by Crippen LogP contribution is 2.48. The number of hydrogen-bond acceptors (Lipinski definition) is 3. The Morgan fingerprint density at radius 1 is 1.19 bits per heavy atom. The maximum Gasteiger partial charge on any atom is 0.161 e. The Hall–Kier alpha value is -1.22. The van der Waals surface area contributed by atoms with Gasteiger partial charge in [-0.2, -0.15) is 0 Å². The predicted molar refractivity (Wildman–Crippen MR) is 86.8 cm³/mol. The Morgan fingerprint density at radius 2 is 1.86 bits per heavy atom. The molecule has 2 rings (SSSR count). The molecule has 0 bridgehead atoms. The fourth-order valence-corrected chi connectivity index (χ4v) is 3.53. The molecule has 2 unspecified atom stereocenters. The minimum Gasteiger partial charge on any atom is -0.490 e. The van der Waals surface area contributed by atoms with Crippen molar-refractivity contribution in [3.05, 3.63) is 23.8 Å². The molecule has 1 aliphatic rings. The molecule has 21 heavy (non-hydrogen) atoms. The van der Waals surface area contributed by atoms with Crippen LogP contribution in [0, 0.1) is 11.3 Å². The molecule has 3 heteroatoms. The fourth-order valence-electron chi connectivity index (χ4n) is 3.53. The molecule has 118 valence electrons. The van der Waals surface area contributed by atoms with Crippen LogP contribution in [0.5, 0.6) is 11.5 Å². The van der Waals surface area contributed by atoms with Crippen molar-refractivity contribution in [1.82, 2.24) is 0 Å². The van der Waals surface area contributed by atoms with Crippen molar-refractivity contribution in [1.29, 1.82) is 0 Å². The third kappa shape index (κ3) is 3.52. The maximum absolute atomic E-state index is 6.57. The van der Waals surface area contributed by atoms with Gasteiger partial charge in [-0.05, 0) is 55.7 Å². The van der Waals surface area contributed by atoms with Gasteiger partial charge in [0.05, 0.1) is 13.2 Å². The third-order valence-corrected chi connectivity index (χ3v) is 4.73. The van der Waals surface area contributed by atoms with Crippen LogP contribution >= 0.6 is 0 Å². The average Bonchev–Trinajstić information content (AvgIpc) is 2.80. The lowest BCUT2D eigenvalue weighted by molar-refractivity contribution is 0.221. The van der Waals surface area contributed by atoms with Crippen molar-refractivity contribution in [2.45, 2.75) is 53.0 Å². The first kappa shape index (κ1) is 16.2. The highest BCUT2D eigenvalue weighted by Gasteiger charge is 2.38. The molecular weight excluding hydrogens is 262 g/mol. The topological polar surface area (TPSA) is 44.5 Å². The van der Waals surface area contributed by atoms with Crippen molar-refractivity contribution < 1.29 is 9.47 Å². The van der Waals surface area contributed by atoms with Crippen LogP contribution < -0.4 is 15.2 Å². The van der Waals surface area contributed by atoms with Crippen LogP contribution in [-0.4, -0.2) is 13.2 Å². The van der Waals surface area contributed by atoms with Gasteiger partial charge in [-0.1, -0.05) is 26.3 Å². The molecular formula is C18H29NO2. The van der Waals surface area contributed by atoms with Gasteiger partial charge in [0.2, 0.25) is 0 Å². The first-order valence-electron chi connectivity index (χ1n) is 8.14. The number of rotatable bonds is 6. The zero-order chi connectivity index (χ0) is 15.5. The summed E-state index contributed by atoms with van der Waals surface area (Å²) in [6.45, 7) is 9.92. The molecule has 0 aliphatic heterocycles. The molecule has 1 fully saturated rings. The van der Waals surface area contributed by atoms with Crippen molar-refractivity contribution in [2.24, 2.45) is 17.1 Å². The van der Waals surface area contributed by atoms with E-state index in [2.05, 4.69) is 26.0 Å². The highest BCUT2D eigenvalue weighted by atomic mass is 16.5. The Kier molecular flexibility index (Phi) is 5.15. The summed E-state index contributed by atoms with van der Waals surface area (Å²) in [5.41, 5.74) is 8.05. The van der Waals surface area contributed by atoms with E-state index < -0.39 is 0 Å². The summed E-state index contributed by atoms with van der Waals surface area (Å²) < 4.78 is 11.3. The summed E-state index contributed by atoms with van der Waals surface area (Å²) >= 11 is 0. The van der Waals surface area contributed by atoms with Crippen LogP contribution in [0.4, 0.5) is 0 Å². The monoisotopic (exact) mass is 291 g/mol. The summed E-state index contributed by atoms with van der Waals surface area (Å²) in [5.74, 6) is 2.15. The second-order valence-corrected chi connectivity index (χ2v) is 6.59. The number of benzene rings is 1. The van der Waals surface area contributed by atoms with Gasteiger partial charge in [-0.15, -0.1) is 0 Å². The van der Waals surface area contributed by atoms with Crippen molar-refractivity contribution in [3.8, 4) is 11.5 Å². The standard InChI is InChI=1S/C18H29NO2/c1-5-20-15-10-9-13(12-16(15)21-6-2)17(19)14-8-7-11-18(14,3)4/h9-10,12,14,17H,5-8,11,19H2,1-4H3. The van der Waals surface area contributed by atoms with E-state index in [9.17, 15) is 0 Å². The molecule has 1 aromatic rings. The molecule has 0 heterocycles. The smallest absolute Gasteiger partial charge is 0.161 e. The molecule has 2 atom stereocenters. The Balaban J connectivity index is 2.25. The molecule has 3 nitrogen and oxygen atoms in total. The Labute approximate surface area is 128 Å². The van der Waals surface area contributed by atoms with Crippen LogP contribution in [0.15, 0.2) is 18.2 Å². The lowest BCUT2D eigenvalue weighted by Gasteiger charge is -2.32. The molecule has 1 aliphatic carbocycles. The van der Waals surface area contributed by atoms with Gasteiger partial charge in [0.15, 0.2) is 11.5 Å². The third-order valence-electron chi connectivity index (χ3n) is 4.73. The Bertz CT molecular complexity index is 470. The summed E-state index contributed by atoms with van der Waals surface area (Å²) in [4.78, 5) is 0. The van der Waals surface area contributed by atoms with E-state index in [1.54, 1.807) is 0 Å². The molecule has 0 saturated heterocycles. The summed E-state index contributed by atoms with van der Waals surface area (Å²) in [5, 5.41) is 0.